The van der Waals surface area contributed by atoms with Crippen LogP contribution >= 0.6 is 0 Å². The van der Waals surface area contributed by atoms with Gasteiger partial charge in [-0.15, -0.1) is 0 Å². The summed E-state index contributed by atoms with van der Waals surface area (Å²) in [5.41, 5.74) is 6.37. The summed E-state index contributed by atoms with van der Waals surface area (Å²) < 4.78 is 6.60. The van der Waals surface area contributed by atoms with Gasteiger partial charge in [-0.25, -0.2) is 0 Å². The largest absolute Gasteiger partial charge is 0.480 e. The summed E-state index contributed by atoms with van der Waals surface area (Å²) in [6, 6.07) is 27.6. The van der Waals surface area contributed by atoms with Crippen LogP contribution in [-0.2, 0) is 16.0 Å². The van der Waals surface area contributed by atoms with Gasteiger partial charge in [-0.05, 0) is 53.6 Å². The Hall–Kier alpha value is -2.95. The van der Waals surface area contributed by atoms with Crippen molar-refractivity contribution in [2.24, 2.45) is 0 Å². The van der Waals surface area contributed by atoms with E-state index in [1.165, 1.54) is 27.8 Å². The highest BCUT2D eigenvalue weighted by molar-refractivity contribution is 5.73. The monoisotopic (exact) mass is 441 g/mol. The molecule has 0 radical (unpaired) electrons. The minimum absolute atomic E-state index is 0.154. The molecule has 3 aromatic rings. The van der Waals surface area contributed by atoms with Gasteiger partial charge in [0.25, 0.3) is 0 Å². The van der Waals surface area contributed by atoms with E-state index >= 15 is 0 Å². The fourth-order valence-electron chi connectivity index (χ4n) is 5.53. The normalized spacial score (nSPS) is 22.7. The number of benzene rings is 3. The van der Waals surface area contributed by atoms with Crippen LogP contribution in [0.1, 0.15) is 59.1 Å². The van der Waals surface area contributed by atoms with Crippen LogP contribution < -0.4 is 0 Å². The minimum Gasteiger partial charge on any atom is -0.480 e. The number of hydrogen-bond donors (Lipinski definition) is 1. The van der Waals surface area contributed by atoms with E-state index < -0.39 is 12.0 Å². The lowest BCUT2D eigenvalue weighted by Crippen LogP contribution is -2.46. The van der Waals surface area contributed by atoms with E-state index in [4.69, 9.17) is 4.74 Å². The van der Waals surface area contributed by atoms with Crippen molar-refractivity contribution in [2.75, 3.05) is 19.7 Å². The molecule has 0 spiro atoms. The molecule has 1 aliphatic carbocycles. The van der Waals surface area contributed by atoms with Gasteiger partial charge in [-0.2, -0.15) is 0 Å². The maximum Gasteiger partial charge on any atom is 0.320 e. The van der Waals surface area contributed by atoms with Crippen molar-refractivity contribution in [3.05, 3.63) is 107 Å². The zero-order valence-electron chi connectivity index (χ0n) is 18.9. The molecule has 170 valence electrons. The van der Waals surface area contributed by atoms with Gasteiger partial charge in [0, 0.05) is 12.5 Å². The van der Waals surface area contributed by atoms with Crippen molar-refractivity contribution in [2.45, 2.75) is 43.7 Å². The van der Waals surface area contributed by atoms with Crippen molar-refractivity contribution in [3.8, 4) is 0 Å². The smallest absolute Gasteiger partial charge is 0.320 e. The molecule has 4 nitrogen and oxygen atoms in total. The van der Waals surface area contributed by atoms with Gasteiger partial charge >= 0.3 is 5.97 Å². The molecule has 1 fully saturated rings. The molecule has 3 aromatic carbocycles. The molecule has 0 bridgehead atoms. The predicted molar refractivity (Wildman–Crippen MR) is 130 cm³/mol. The number of aliphatic carboxylic acids is 1. The summed E-state index contributed by atoms with van der Waals surface area (Å²) in [5, 5.41) is 9.61. The Balaban J connectivity index is 1.45. The highest BCUT2D eigenvalue weighted by Crippen LogP contribution is 2.42. The van der Waals surface area contributed by atoms with Crippen molar-refractivity contribution in [1.82, 2.24) is 4.90 Å². The van der Waals surface area contributed by atoms with Gasteiger partial charge in [0.2, 0.25) is 0 Å². The zero-order valence-corrected chi connectivity index (χ0v) is 18.9. The third-order valence-corrected chi connectivity index (χ3v) is 7.18. The molecular weight excluding hydrogens is 410 g/mol. The molecule has 1 saturated heterocycles. The van der Waals surface area contributed by atoms with Crippen LogP contribution in [-0.4, -0.2) is 41.7 Å². The first kappa shape index (κ1) is 21.9. The number of rotatable bonds is 6. The lowest BCUT2D eigenvalue weighted by atomic mass is 9.85. The quantitative estimate of drug-likeness (QED) is 0.555. The van der Waals surface area contributed by atoms with Gasteiger partial charge in [0.05, 0.1) is 6.61 Å². The fourth-order valence-corrected chi connectivity index (χ4v) is 5.53. The molecule has 1 aliphatic heterocycles. The molecule has 4 heteroatoms. The Bertz CT molecular complexity index is 1100. The Labute approximate surface area is 195 Å². The third kappa shape index (κ3) is 4.59. The van der Waals surface area contributed by atoms with Gasteiger partial charge in [-0.3, -0.25) is 9.69 Å². The van der Waals surface area contributed by atoms with E-state index in [0.717, 1.165) is 32.2 Å². The fraction of sp³-hybridized carbons (Fsp3) is 0.345. The summed E-state index contributed by atoms with van der Waals surface area (Å²) in [4.78, 5) is 13.8. The highest BCUT2D eigenvalue weighted by Gasteiger charge is 2.31. The van der Waals surface area contributed by atoms with Gasteiger partial charge in [0.1, 0.15) is 12.1 Å². The van der Waals surface area contributed by atoms with Crippen LogP contribution in [0.2, 0.25) is 0 Å². The Morgan fingerprint density at radius 3 is 2.36 bits per heavy atom. The van der Waals surface area contributed by atoms with Crippen LogP contribution in [0.5, 0.6) is 0 Å². The first-order valence-electron chi connectivity index (χ1n) is 12.0. The molecular formula is C29H31NO3. The number of nitrogens with zero attached hydrogens (tertiary/aromatic N) is 1. The third-order valence-electron chi connectivity index (χ3n) is 7.18. The molecule has 1 N–H and O–H groups in total. The molecule has 0 aromatic heterocycles. The van der Waals surface area contributed by atoms with Crippen molar-refractivity contribution >= 4 is 5.97 Å². The maximum atomic E-state index is 11.7. The number of likely N-dealkylation sites (tertiary alicyclic amines) is 1. The van der Waals surface area contributed by atoms with Gasteiger partial charge < -0.3 is 9.84 Å². The average Bonchev–Trinajstić information content (AvgIpc) is 3.00. The van der Waals surface area contributed by atoms with Gasteiger partial charge in [-0.1, -0.05) is 85.3 Å². The lowest BCUT2D eigenvalue weighted by molar-refractivity contribution is -0.145. The second kappa shape index (κ2) is 9.90. The Morgan fingerprint density at radius 1 is 0.879 bits per heavy atom. The number of carboxylic acids is 1. The topological polar surface area (TPSA) is 49.8 Å². The number of carboxylic acid groups (broad SMARTS) is 1. The standard InChI is InChI=1S/C29H31NO3/c31-29(32)27-16-8-9-17-30(27)18-19-33-28-23-13-5-4-12-22(23)20-26(21-10-2-1-3-11-21)24-14-6-7-15-25(24)28/h1-7,10-15,26-28H,8-9,16-20H2,(H,31,32). The number of hydrogen-bond acceptors (Lipinski definition) is 3. The number of piperidine rings is 1. The molecule has 3 atom stereocenters. The van der Waals surface area contributed by atoms with E-state index in [-0.39, 0.29) is 12.0 Å². The van der Waals surface area contributed by atoms with E-state index in [1.807, 2.05) is 0 Å². The highest BCUT2D eigenvalue weighted by atomic mass is 16.5. The van der Waals surface area contributed by atoms with Crippen molar-refractivity contribution in [1.29, 1.82) is 0 Å². The molecule has 3 unspecified atom stereocenters. The number of fused-ring (bicyclic) bond motifs is 2. The predicted octanol–water partition coefficient (Wildman–Crippen LogP) is 5.42. The molecule has 0 amide bonds. The van der Waals surface area contributed by atoms with Crippen molar-refractivity contribution in [3.63, 3.8) is 0 Å². The lowest BCUT2D eigenvalue weighted by Gasteiger charge is -2.33. The van der Waals surface area contributed by atoms with Crippen LogP contribution in [0, 0.1) is 0 Å². The van der Waals surface area contributed by atoms with Gasteiger partial charge in [0.15, 0.2) is 0 Å². The molecule has 1 heterocycles. The van der Waals surface area contributed by atoms with E-state index in [1.54, 1.807) is 0 Å². The maximum absolute atomic E-state index is 11.7. The first-order valence-corrected chi connectivity index (χ1v) is 12.0. The van der Waals surface area contributed by atoms with Crippen LogP contribution in [0.25, 0.3) is 0 Å². The van der Waals surface area contributed by atoms with Crippen molar-refractivity contribution < 1.29 is 14.6 Å². The summed E-state index contributed by atoms with van der Waals surface area (Å²) in [6.07, 6.45) is 3.54. The zero-order chi connectivity index (χ0) is 22.6. The summed E-state index contributed by atoms with van der Waals surface area (Å²) in [5.74, 6) is -0.443. The van der Waals surface area contributed by atoms with Crippen LogP contribution in [0.3, 0.4) is 0 Å². The Morgan fingerprint density at radius 2 is 1.58 bits per heavy atom. The average molecular weight is 442 g/mol. The second-order valence-electron chi connectivity index (χ2n) is 9.13. The van der Waals surface area contributed by atoms with Crippen LogP contribution in [0.15, 0.2) is 78.9 Å². The summed E-state index contributed by atoms with van der Waals surface area (Å²) in [7, 11) is 0. The SMILES string of the molecule is O=C(O)C1CCCCN1CCOC1c2ccccc2CC(c2ccccc2)c2ccccc21. The molecule has 5 rings (SSSR count). The van der Waals surface area contributed by atoms with E-state index in [9.17, 15) is 9.90 Å². The Kier molecular flexibility index (Phi) is 6.56. The summed E-state index contributed by atoms with van der Waals surface area (Å²) >= 11 is 0. The van der Waals surface area contributed by atoms with E-state index in [2.05, 4.69) is 83.8 Å². The second-order valence-corrected chi connectivity index (χ2v) is 9.13. The molecule has 33 heavy (non-hydrogen) atoms. The molecule has 0 saturated carbocycles. The number of ether oxygens (including phenoxy) is 1. The molecule has 2 aliphatic rings. The van der Waals surface area contributed by atoms with E-state index in [0.29, 0.717) is 13.2 Å². The minimum atomic E-state index is -0.717. The number of carbonyl (C=O) groups is 1. The van der Waals surface area contributed by atoms with Crippen LogP contribution in [0.4, 0.5) is 0 Å². The summed E-state index contributed by atoms with van der Waals surface area (Å²) in [6.45, 7) is 1.97. The first-order chi connectivity index (χ1) is 16.2.